The third-order valence-electron chi connectivity index (χ3n) is 7.57. The highest BCUT2D eigenvalue weighted by atomic mass is 16.5. The summed E-state index contributed by atoms with van der Waals surface area (Å²) in [5.74, 6) is 0.968. The second-order valence-electron chi connectivity index (χ2n) is 10.4. The van der Waals surface area contributed by atoms with Gasteiger partial charge in [0.25, 0.3) is 5.91 Å². The largest absolute Gasteiger partial charge is 0.508 e. The molecular weight excluding hydrogens is 486 g/mol. The van der Waals surface area contributed by atoms with Crippen molar-refractivity contribution < 1.29 is 14.6 Å². The molecule has 1 saturated heterocycles. The minimum Gasteiger partial charge on any atom is -0.508 e. The third kappa shape index (κ3) is 6.52. The Bertz CT molecular complexity index is 1260. The Morgan fingerprint density at radius 3 is 2.38 bits per heavy atom. The lowest BCUT2D eigenvalue weighted by molar-refractivity contribution is 0.0306. The molecule has 1 aliphatic heterocycles. The highest BCUT2D eigenvalue weighted by Gasteiger charge is 2.35. The van der Waals surface area contributed by atoms with Crippen molar-refractivity contribution in [2.24, 2.45) is 0 Å². The van der Waals surface area contributed by atoms with Crippen LogP contribution in [-0.2, 0) is 0 Å². The Hall–Kier alpha value is -3.61. The Labute approximate surface area is 233 Å². The molecule has 206 valence electrons. The molecule has 0 bridgehead atoms. The minimum absolute atomic E-state index is 0.0317. The lowest BCUT2D eigenvalue weighted by atomic mass is 9.92. The van der Waals surface area contributed by atoms with E-state index >= 15 is 0 Å². The summed E-state index contributed by atoms with van der Waals surface area (Å²) in [5, 5.41) is 10.4. The third-order valence-corrected chi connectivity index (χ3v) is 7.57. The molecule has 0 spiro atoms. The van der Waals surface area contributed by atoms with Crippen molar-refractivity contribution >= 4 is 11.6 Å². The highest BCUT2D eigenvalue weighted by Crippen LogP contribution is 2.35. The monoisotopic (exact) mass is 527 g/mol. The molecule has 4 rings (SSSR count). The maximum Gasteiger partial charge on any atom is 0.258 e. The first kappa shape index (κ1) is 28.4. The molecule has 1 aliphatic rings. The predicted octanol–water partition coefficient (Wildman–Crippen LogP) is 6.13. The maximum atomic E-state index is 13.9. The summed E-state index contributed by atoms with van der Waals surface area (Å²) in [4.78, 5) is 20.7. The van der Waals surface area contributed by atoms with Crippen LogP contribution in [0.3, 0.4) is 0 Å². The van der Waals surface area contributed by atoms with Crippen molar-refractivity contribution in [3.63, 3.8) is 0 Å². The van der Waals surface area contributed by atoms with E-state index in [-0.39, 0.29) is 23.7 Å². The molecule has 0 aliphatic carbocycles. The van der Waals surface area contributed by atoms with Crippen LogP contribution in [0.4, 0.5) is 5.69 Å². The molecule has 6 nitrogen and oxygen atoms in total. The van der Waals surface area contributed by atoms with Crippen molar-refractivity contribution in [2.45, 2.75) is 45.3 Å². The number of hydrogen-bond donors (Lipinski definition) is 1. The van der Waals surface area contributed by atoms with Gasteiger partial charge in [0.15, 0.2) is 0 Å². The average Bonchev–Trinajstić information content (AvgIpc) is 2.94. The van der Waals surface area contributed by atoms with E-state index in [0.29, 0.717) is 18.2 Å². The first-order chi connectivity index (χ1) is 18.9. The Balaban J connectivity index is 1.71. The second-order valence-corrected chi connectivity index (χ2v) is 10.4. The van der Waals surface area contributed by atoms with Crippen LogP contribution >= 0.6 is 0 Å². The quantitative estimate of drug-likeness (QED) is 0.322. The van der Waals surface area contributed by atoms with E-state index in [2.05, 4.69) is 49.3 Å². The Kier molecular flexibility index (Phi) is 9.44. The van der Waals surface area contributed by atoms with Crippen molar-refractivity contribution in [1.82, 2.24) is 9.80 Å². The summed E-state index contributed by atoms with van der Waals surface area (Å²) < 4.78 is 5.31. The number of phenols is 1. The van der Waals surface area contributed by atoms with Gasteiger partial charge in [-0.15, -0.1) is 6.58 Å². The normalized spacial score (nSPS) is 18.9. The van der Waals surface area contributed by atoms with Gasteiger partial charge in [-0.3, -0.25) is 14.6 Å². The fraction of sp³-hybridized carbons (Fsp3) is 0.364. The molecule has 0 aromatic heterocycles. The van der Waals surface area contributed by atoms with E-state index in [1.165, 1.54) is 0 Å². The standard InChI is InChI=1S/C33H41N3O3/c1-6-18-34-22-25(4)36(23-24(34)3)32(27-11-9-13-30(37)21-27)26-10-8-12-28(20-26)33(38)35(19-7-2)29-14-16-31(39-5)17-15-29/h6,8-17,20-21,24-25,32,37H,1,7,18-19,22-23H2,2-5H3/t24-,25+,32-/m1/s1. The number of phenolic OH excluding ortho intramolecular Hbond substituents is 1. The number of methoxy groups -OCH3 is 1. The van der Waals surface area contributed by atoms with Gasteiger partial charge in [0.05, 0.1) is 13.2 Å². The van der Waals surface area contributed by atoms with Crippen molar-refractivity contribution in [3.8, 4) is 11.5 Å². The van der Waals surface area contributed by atoms with Crippen molar-refractivity contribution in [1.29, 1.82) is 0 Å². The number of carbonyl (C=O) groups is 1. The van der Waals surface area contributed by atoms with Gasteiger partial charge in [0.1, 0.15) is 11.5 Å². The number of carbonyl (C=O) groups excluding carboxylic acids is 1. The molecule has 3 atom stereocenters. The van der Waals surface area contributed by atoms with E-state index in [0.717, 1.165) is 48.6 Å². The molecular formula is C33H41N3O3. The average molecular weight is 528 g/mol. The number of nitrogens with zero attached hydrogens (tertiary/aromatic N) is 3. The van der Waals surface area contributed by atoms with Gasteiger partial charge in [-0.25, -0.2) is 0 Å². The SMILES string of the molecule is C=CCN1C[C@H](C)N([C@@H](c2cccc(O)c2)c2cccc(C(=O)N(CCC)c3ccc(OC)cc3)c2)C[C@H]1C. The smallest absolute Gasteiger partial charge is 0.258 e. The predicted molar refractivity (Wildman–Crippen MR) is 159 cm³/mol. The zero-order valence-corrected chi connectivity index (χ0v) is 23.6. The number of anilines is 1. The van der Waals surface area contributed by atoms with Gasteiger partial charge < -0.3 is 14.7 Å². The number of piperazine rings is 1. The summed E-state index contributed by atoms with van der Waals surface area (Å²) in [5.41, 5.74) is 3.54. The number of rotatable bonds is 10. The first-order valence-electron chi connectivity index (χ1n) is 13.8. The zero-order valence-electron chi connectivity index (χ0n) is 23.6. The Morgan fingerprint density at radius 1 is 1.05 bits per heavy atom. The van der Waals surface area contributed by atoms with E-state index in [9.17, 15) is 9.90 Å². The molecule has 0 saturated carbocycles. The first-order valence-corrected chi connectivity index (χ1v) is 13.8. The van der Waals surface area contributed by atoms with Crippen molar-refractivity contribution in [3.05, 3.63) is 102 Å². The van der Waals surface area contributed by atoms with Crippen LogP contribution in [-0.4, -0.2) is 66.2 Å². The van der Waals surface area contributed by atoms with Gasteiger partial charge >= 0.3 is 0 Å². The molecule has 3 aromatic rings. The number of amides is 1. The lowest BCUT2D eigenvalue weighted by Crippen LogP contribution is -2.57. The van der Waals surface area contributed by atoms with Crippen LogP contribution in [0, 0.1) is 0 Å². The van der Waals surface area contributed by atoms with Gasteiger partial charge in [-0.05, 0) is 79.9 Å². The highest BCUT2D eigenvalue weighted by molar-refractivity contribution is 6.06. The fourth-order valence-electron chi connectivity index (χ4n) is 5.61. The topological polar surface area (TPSA) is 56.2 Å². The molecule has 1 N–H and O–H groups in total. The molecule has 0 radical (unpaired) electrons. The molecule has 39 heavy (non-hydrogen) atoms. The summed E-state index contributed by atoms with van der Waals surface area (Å²) in [6.45, 7) is 13.8. The van der Waals surface area contributed by atoms with Gasteiger partial charge in [0.2, 0.25) is 0 Å². The minimum atomic E-state index is -0.103. The van der Waals surface area contributed by atoms with Crippen LogP contribution in [0.2, 0.25) is 0 Å². The molecule has 1 heterocycles. The molecule has 1 amide bonds. The van der Waals surface area contributed by atoms with E-state index < -0.39 is 0 Å². The van der Waals surface area contributed by atoms with E-state index in [4.69, 9.17) is 4.74 Å². The zero-order chi connectivity index (χ0) is 27.9. The van der Waals surface area contributed by atoms with Crippen molar-refractivity contribution in [2.75, 3.05) is 38.2 Å². The van der Waals surface area contributed by atoms with Gasteiger partial charge in [0, 0.05) is 49.5 Å². The van der Waals surface area contributed by atoms with E-state index in [1.807, 2.05) is 65.6 Å². The molecule has 0 unspecified atom stereocenters. The number of aromatic hydroxyl groups is 1. The molecule has 6 heteroatoms. The maximum absolute atomic E-state index is 13.9. The number of hydrogen-bond acceptors (Lipinski definition) is 5. The van der Waals surface area contributed by atoms with Gasteiger partial charge in [-0.1, -0.05) is 37.3 Å². The van der Waals surface area contributed by atoms with E-state index in [1.54, 1.807) is 13.2 Å². The molecule has 1 fully saturated rings. The second kappa shape index (κ2) is 13.0. The van der Waals surface area contributed by atoms with Crippen LogP contribution in [0.15, 0.2) is 85.5 Å². The van der Waals surface area contributed by atoms with Gasteiger partial charge in [-0.2, -0.15) is 0 Å². The van der Waals surface area contributed by atoms with Crippen LogP contribution in [0.5, 0.6) is 11.5 Å². The summed E-state index contributed by atoms with van der Waals surface area (Å²) in [6.07, 6.45) is 2.80. The summed E-state index contributed by atoms with van der Waals surface area (Å²) in [7, 11) is 1.64. The molecule has 3 aromatic carbocycles. The number of ether oxygens (including phenoxy) is 1. The Morgan fingerprint density at radius 2 is 1.74 bits per heavy atom. The van der Waals surface area contributed by atoms with Crippen LogP contribution < -0.4 is 9.64 Å². The lowest BCUT2D eigenvalue weighted by Gasteiger charge is -2.47. The number of benzene rings is 3. The van der Waals surface area contributed by atoms with Crippen LogP contribution in [0.25, 0.3) is 0 Å². The summed E-state index contributed by atoms with van der Waals surface area (Å²) in [6, 6.07) is 23.6. The van der Waals surface area contributed by atoms with Crippen LogP contribution in [0.1, 0.15) is 54.7 Å². The summed E-state index contributed by atoms with van der Waals surface area (Å²) >= 11 is 0. The fourth-order valence-corrected chi connectivity index (χ4v) is 5.61.